The van der Waals surface area contributed by atoms with E-state index in [0.29, 0.717) is 38.4 Å². The maximum absolute atomic E-state index is 12.0. The van der Waals surface area contributed by atoms with Crippen LogP contribution in [-0.2, 0) is 14.2 Å². The Morgan fingerprint density at radius 3 is 2.48 bits per heavy atom. The number of nitrogens with one attached hydrogen (secondary N) is 1. The quantitative estimate of drug-likeness (QED) is 0.874. The van der Waals surface area contributed by atoms with Crippen LogP contribution in [0.2, 0.25) is 0 Å². The lowest BCUT2D eigenvalue weighted by molar-refractivity contribution is -0.254. The van der Waals surface area contributed by atoms with E-state index in [-0.39, 0.29) is 17.8 Å². The van der Waals surface area contributed by atoms with E-state index >= 15 is 0 Å². The number of ether oxygens (including phenoxy) is 3. The number of nitriles is 1. The molecule has 1 aromatic rings. The highest BCUT2D eigenvalue weighted by atomic mass is 16.7. The number of benzene rings is 1. The van der Waals surface area contributed by atoms with Gasteiger partial charge in [-0.1, -0.05) is 0 Å². The van der Waals surface area contributed by atoms with Crippen molar-refractivity contribution in [2.24, 2.45) is 5.41 Å². The molecule has 1 aromatic carbocycles. The second-order valence-electron chi connectivity index (χ2n) is 8.29. The molecule has 1 N–H and O–H groups in total. The summed E-state index contributed by atoms with van der Waals surface area (Å²) in [6, 6.07) is 9.44. The topological polar surface area (TPSA) is 83.8 Å². The first-order chi connectivity index (χ1) is 12.8. The van der Waals surface area contributed by atoms with Gasteiger partial charge >= 0.3 is 6.09 Å². The van der Waals surface area contributed by atoms with Gasteiger partial charge in [-0.15, -0.1) is 0 Å². The summed E-state index contributed by atoms with van der Waals surface area (Å²) in [4.78, 5) is 13.7. The first-order valence-corrected chi connectivity index (χ1v) is 9.24. The molecule has 2 saturated heterocycles. The van der Waals surface area contributed by atoms with Crippen LogP contribution in [0.15, 0.2) is 24.3 Å². The average Bonchev–Trinajstić information content (AvgIpc) is 2.59. The largest absolute Gasteiger partial charge is 0.444 e. The first-order valence-electron chi connectivity index (χ1n) is 9.24. The van der Waals surface area contributed by atoms with Gasteiger partial charge in [-0.25, -0.2) is 4.79 Å². The summed E-state index contributed by atoms with van der Waals surface area (Å²) in [6.45, 7) is 8.71. The zero-order valence-electron chi connectivity index (χ0n) is 16.2. The molecule has 1 spiro atoms. The molecule has 2 fully saturated rings. The molecule has 7 heteroatoms. The highest BCUT2D eigenvalue weighted by Crippen LogP contribution is 2.36. The molecule has 0 unspecified atom stereocenters. The summed E-state index contributed by atoms with van der Waals surface area (Å²) in [5, 5.41) is 12.1. The highest BCUT2D eigenvalue weighted by Gasteiger charge is 2.49. The lowest BCUT2D eigenvalue weighted by Crippen LogP contribution is -2.65. The molecule has 0 atom stereocenters. The van der Waals surface area contributed by atoms with Crippen LogP contribution in [0.5, 0.6) is 0 Å². The molecule has 2 aliphatic heterocycles. The van der Waals surface area contributed by atoms with Gasteiger partial charge in [0, 0.05) is 31.7 Å². The number of hydrogen-bond acceptors (Lipinski definition) is 6. The Morgan fingerprint density at radius 1 is 1.30 bits per heavy atom. The Bertz CT molecular complexity index is 689. The molecule has 0 aromatic heterocycles. The van der Waals surface area contributed by atoms with Crippen molar-refractivity contribution in [1.82, 2.24) is 4.90 Å². The fourth-order valence-electron chi connectivity index (χ4n) is 3.19. The van der Waals surface area contributed by atoms with Gasteiger partial charge in [0.2, 0.25) is 0 Å². The summed E-state index contributed by atoms with van der Waals surface area (Å²) >= 11 is 0. The van der Waals surface area contributed by atoms with Crippen molar-refractivity contribution < 1.29 is 19.0 Å². The van der Waals surface area contributed by atoms with Gasteiger partial charge in [0.25, 0.3) is 0 Å². The molecule has 3 rings (SSSR count). The predicted octanol–water partition coefficient (Wildman–Crippen LogP) is 2.97. The fraction of sp³-hybridized carbons (Fsp3) is 0.600. The van der Waals surface area contributed by atoms with Gasteiger partial charge in [-0.3, -0.25) is 0 Å². The number of likely N-dealkylation sites (tertiary alicyclic amines) is 1. The molecule has 0 bridgehead atoms. The highest BCUT2D eigenvalue weighted by molar-refractivity contribution is 5.69. The monoisotopic (exact) mass is 373 g/mol. The van der Waals surface area contributed by atoms with Crippen LogP contribution in [0.25, 0.3) is 0 Å². The third kappa shape index (κ3) is 5.12. The summed E-state index contributed by atoms with van der Waals surface area (Å²) in [6.07, 6.45) is 0.213. The van der Waals surface area contributed by atoms with E-state index in [1.165, 1.54) is 0 Å². The molecular weight excluding hydrogens is 346 g/mol. The second kappa shape index (κ2) is 7.75. The Balaban J connectivity index is 1.35. The molecule has 0 radical (unpaired) electrons. The molecule has 27 heavy (non-hydrogen) atoms. The van der Waals surface area contributed by atoms with Gasteiger partial charge < -0.3 is 24.4 Å². The predicted molar refractivity (Wildman–Crippen MR) is 100 cm³/mol. The number of anilines is 1. The normalized spacial score (nSPS) is 19.3. The smallest absolute Gasteiger partial charge is 0.410 e. The number of carbonyl (C=O) groups is 1. The Hall–Kier alpha value is -2.30. The average molecular weight is 373 g/mol. The van der Waals surface area contributed by atoms with Crippen LogP contribution in [0.3, 0.4) is 0 Å². The first kappa shape index (κ1) is 19.5. The zero-order chi connectivity index (χ0) is 19.5. The number of carbonyl (C=O) groups excluding carboxylic acids is 1. The number of nitrogens with zero attached hydrogens (tertiary/aromatic N) is 2. The molecule has 146 valence electrons. The van der Waals surface area contributed by atoms with Gasteiger partial charge in [-0.05, 0) is 45.0 Å². The lowest BCUT2D eigenvalue weighted by Gasteiger charge is -2.52. The summed E-state index contributed by atoms with van der Waals surface area (Å²) in [5.74, 6) is 0. The maximum atomic E-state index is 12.0. The third-order valence-electron chi connectivity index (χ3n) is 4.58. The number of rotatable bonds is 4. The molecule has 2 heterocycles. The molecule has 0 saturated carbocycles. The van der Waals surface area contributed by atoms with Crippen molar-refractivity contribution >= 4 is 11.8 Å². The Labute approximate surface area is 160 Å². The van der Waals surface area contributed by atoms with Crippen molar-refractivity contribution in [3.05, 3.63) is 29.8 Å². The summed E-state index contributed by atoms with van der Waals surface area (Å²) in [5.41, 5.74) is 1.03. The second-order valence-corrected chi connectivity index (χ2v) is 8.29. The van der Waals surface area contributed by atoms with E-state index in [0.717, 1.165) is 12.1 Å². The minimum atomic E-state index is -0.480. The van der Waals surface area contributed by atoms with Gasteiger partial charge in [0.15, 0.2) is 6.29 Å². The standard InChI is InChI=1S/C20H27N3O4/c1-19(2,3)27-18(24)23-11-20(12-23)13-25-17(26-14-20)8-9-22-16-6-4-15(10-21)5-7-16/h4-7,17,22H,8-9,11-14H2,1-3H3. The molecule has 1 amide bonds. The van der Waals surface area contributed by atoms with Crippen molar-refractivity contribution in [3.63, 3.8) is 0 Å². The van der Waals surface area contributed by atoms with Crippen LogP contribution in [0, 0.1) is 16.7 Å². The van der Waals surface area contributed by atoms with Crippen molar-refractivity contribution in [2.45, 2.75) is 39.1 Å². The van der Waals surface area contributed by atoms with Gasteiger partial charge in [-0.2, -0.15) is 5.26 Å². The van der Waals surface area contributed by atoms with E-state index in [4.69, 9.17) is 19.5 Å². The number of hydrogen-bond donors (Lipinski definition) is 1. The van der Waals surface area contributed by atoms with Crippen LogP contribution in [0.1, 0.15) is 32.8 Å². The van der Waals surface area contributed by atoms with Gasteiger partial charge in [0.05, 0.1) is 30.3 Å². The zero-order valence-corrected chi connectivity index (χ0v) is 16.2. The fourth-order valence-corrected chi connectivity index (χ4v) is 3.19. The molecular formula is C20H27N3O4. The van der Waals surface area contributed by atoms with Crippen LogP contribution < -0.4 is 5.32 Å². The third-order valence-corrected chi connectivity index (χ3v) is 4.58. The van der Waals surface area contributed by atoms with E-state index in [2.05, 4.69) is 11.4 Å². The SMILES string of the molecule is CC(C)(C)OC(=O)N1CC2(COC(CCNc3ccc(C#N)cc3)OC2)C1. The van der Waals surface area contributed by atoms with Gasteiger partial charge in [0.1, 0.15) is 5.60 Å². The van der Waals surface area contributed by atoms with Crippen LogP contribution in [0.4, 0.5) is 10.5 Å². The van der Waals surface area contributed by atoms with Crippen molar-refractivity contribution in [3.8, 4) is 6.07 Å². The number of amides is 1. The van der Waals surface area contributed by atoms with Crippen LogP contribution in [-0.4, -0.2) is 55.7 Å². The molecule has 0 aliphatic carbocycles. The van der Waals surface area contributed by atoms with E-state index in [1.54, 1.807) is 17.0 Å². The molecule has 7 nitrogen and oxygen atoms in total. The van der Waals surface area contributed by atoms with E-state index in [9.17, 15) is 4.79 Å². The van der Waals surface area contributed by atoms with Crippen molar-refractivity contribution in [2.75, 3.05) is 38.2 Å². The lowest BCUT2D eigenvalue weighted by atomic mass is 9.81. The minimum Gasteiger partial charge on any atom is -0.444 e. The Kier molecular flexibility index (Phi) is 5.59. The van der Waals surface area contributed by atoms with E-state index in [1.807, 2.05) is 32.9 Å². The molecule has 2 aliphatic rings. The van der Waals surface area contributed by atoms with E-state index < -0.39 is 5.60 Å². The summed E-state index contributed by atoms with van der Waals surface area (Å²) in [7, 11) is 0. The van der Waals surface area contributed by atoms with Crippen LogP contribution >= 0.6 is 0 Å². The Morgan fingerprint density at radius 2 is 1.93 bits per heavy atom. The summed E-state index contributed by atoms with van der Waals surface area (Å²) < 4.78 is 17.1. The minimum absolute atomic E-state index is 0.103. The maximum Gasteiger partial charge on any atom is 0.410 e. The van der Waals surface area contributed by atoms with Crippen molar-refractivity contribution in [1.29, 1.82) is 5.26 Å².